The summed E-state index contributed by atoms with van der Waals surface area (Å²) >= 11 is 5.37. The van der Waals surface area contributed by atoms with Gasteiger partial charge in [-0.2, -0.15) is 5.10 Å². The number of aromatic nitrogens is 3. The summed E-state index contributed by atoms with van der Waals surface area (Å²) in [6, 6.07) is 18.0. The number of ether oxygens (including phenoxy) is 1. The van der Waals surface area contributed by atoms with Crippen LogP contribution in [0.1, 0.15) is 26.7 Å². The van der Waals surface area contributed by atoms with Crippen molar-refractivity contribution in [2.24, 2.45) is 0 Å². The predicted molar refractivity (Wildman–Crippen MR) is 131 cm³/mol. The van der Waals surface area contributed by atoms with Crippen LogP contribution < -0.4 is 15.0 Å². The molecule has 8 heteroatoms. The first-order valence-electron chi connectivity index (χ1n) is 11.1. The Morgan fingerprint density at radius 1 is 1.16 bits per heavy atom. The predicted octanol–water partition coefficient (Wildman–Crippen LogP) is 4.43. The lowest BCUT2D eigenvalue weighted by Crippen LogP contribution is -2.30. The van der Waals surface area contributed by atoms with Gasteiger partial charge in [-0.3, -0.25) is 14.5 Å². The number of nitrogens with zero attached hydrogens (tertiary/aromatic N) is 3. The maximum Gasteiger partial charge on any atom is 0.221 e. The molecule has 0 atom stereocenters. The highest BCUT2D eigenvalue weighted by Crippen LogP contribution is 2.21. The molecule has 0 spiro atoms. The number of hydrogen-bond acceptors (Lipinski definition) is 5. The summed E-state index contributed by atoms with van der Waals surface area (Å²) in [4.78, 5) is 14.7. The highest BCUT2D eigenvalue weighted by Gasteiger charge is 2.11. The molecule has 3 rings (SSSR count). The van der Waals surface area contributed by atoms with E-state index in [1.54, 1.807) is 0 Å². The van der Waals surface area contributed by atoms with Crippen molar-refractivity contribution in [2.75, 3.05) is 31.1 Å². The normalized spacial score (nSPS) is 10.7. The molecular formula is C24H31N5O2S. The van der Waals surface area contributed by atoms with Crippen molar-refractivity contribution in [2.45, 2.75) is 33.2 Å². The minimum Gasteiger partial charge on any atom is -0.494 e. The number of carbonyl (C=O) groups excluding carboxylic acids is 1. The lowest BCUT2D eigenvalue weighted by molar-refractivity contribution is -0.121. The average Bonchev–Trinajstić information content (AvgIpc) is 3.19. The molecule has 1 amide bonds. The van der Waals surface area contributed by atoms with Gasteiger partial charge in [0.1, 0.15) is 5.75 Å². The van der Waals surface area contributed by atoms with E-state index in [0.29, 0.717) is 36.7 Å². The van der Waals surface area contributed by atoms with Gasteiger partial charge in [-0.25, -0.2) is 0 Å². The van der Waals surface area contributed by atoms with Crippen LogP contribution in [0, 0.1) is 4.77 Å². The Morgan fingerprint density at radius 3 is 2.59 bits per heavy atom. The molecule has 1 heterocycles. The molecule has 0 saturated carbocycles. The summed E-state index contributed by atoms with van der Waals surface area (Å²) in [6.45, 7) is 7.66. The van der Waals surface area contributed by atoms with Crippen LogP contribution in [0.25, 0.3) is 11.4 Å². The van der Waals surface area contributed by atoms with Gasteiger partial charge < -0.3 is 15.0 Å². The fourth-order valence-corrected chi connectivity index (χ4v) is 3.74. The highest BCUT2D eigenvalue weighted by atomic mass is 32.1. The molecule has 0 aliphatic rings. The lowest BCUT2D eigenvalue weighted by atomic mass is 10.2. The maximum atomic E-state index is 12.4. The number of benzene rings is 2. The first-order chi connectivity index (χ1) is 15.6. The van der Waals surface area contributed by atoms with Crippen molar-refractivity contribution in [1.82, 2.24) is 20.1 Å². The van der Waals surface area contributed by atoms with E-state index in [-0.39, 0.29) is 5.91 Å². The van der Waals surface area contributed by atoms with E-state index in [0.717, 1.165) is 30.8 Å². The van der Waals surface area contributed by atoms with Gasteiger partial charge in [0, 0.05) is 43.9 Å². The van der Waals surface area contributed by atoms with Crippen molar-refractivity contribution in [3.63, 3.8) is 0 Å². The Balaban J connectivity index is 1.48. The lowest BCUT2D eigenvalue weighted by Gasteiger charge is -2.23. The third-order valence-electron chi connectivity index (χ3n) is 5.17. The van der Waals surface area contributed by atoms with Crippen LogP contribution in [0.5, 0.6) is 5.75 Å². The largest absolute Gasteiger partial charge is 0.494 e. The number of rotatable bonds is 12. The van der Waals surface area contributed by atoms with Crippen LogP contribution in [0.4, 0.5) is 5.69 Å². The molecule has 2 aromatic carbocycles. The molecule has 0 aliphatic heterocycles. The second-order valence-corrected chi connectivity index (χ2v) is 7.72. The SMILES string of the molecule is CCOc1ccc(-c2n[nH]c(=S)n2CCC(=O)NCCCN(CC)c2ccccc2)cc1. The first kappa shape index (κ1) is 23.5. The Bertz CT molecular complexity index is 1030. The summed E-state index contributed by atoms with van der Waals surface area (Å²) in [5, 5.41) is 10.2. The molecule has 170 valence electrons. The quantitative estimate of drug-likeness (QED) is 0.313. The van der Waals surface area contributed by atoms with Gasteiger partial charge in [-0.15, -0.1) is 0 Å². The zero-order valence-corrected chi connectivity index (χ0v) is 19.5. The minimum absolute atomic E-state index is 0.00787. The average molecular weight is 454 g/mol. The Kier molecular flexibility index (Phi) is 8.86. The Hall–Kier alpha value is -3.13. The minimum atomic E-state index is 0.00787. The van der Waals surface area contributed by atoms with E-state index in [1.807, 2.05) is 54.0 Å². The zero-order chi connectivity index (χ0) is 22.8. The molecule has 0 radical (unpaired) electrons. The van der Waals surface area contributed by atoms with Gasteiger partial charge in [0.15, 0.2) is 10.6 Å². The molecule has 2 N–H and O–H groups in total. The van der Waals surface area contributed by atoms with E-state index in [9.17, 15) is 4.79 Å². The van der Waals surface area contributed by atoms with E-state index < -0.39 is 0 Å². The number of H-pyrrole nitrogens is 1. The number of amides is 1. The molecule has 32 heavy (non-hydrogen) atoms. The number of hydrogen-bond donors (Lipinski definition) is 2. The summed E-state index contributed by atoms with van der Waals surface area (Å²) in [6.07, 6.45) is 1.23. The Labute approximate surface area is 194 Å². The van der Waals surface area contributed by atoms with Crippen LogP contribution in [-0.4, -0.2) is 46.9 Å². The molecule has 0 unspecified atom stereocenters. The van der Waals surface area contributed by atoms with Gasteiger partial charge in [0.25, 0.3) is 0 Å². The van der Waals surface area contributed by atoms with E-state index in [1.165, 1.54) is 5.69 Å². The highest BCUT2D eigenvalue weighted by molar-refractivity contribution is 7.71. The maximum absolute atomic E-state index is 12.4. The van der Waals surface area contributed by atoms with Crippen molar-refractivity contribution in [3.05, 3.63) is 59.4 Å². The fraction of sp³-hybridized carbons (Fsp3) is 0.375. The fourth-order valence-electron chi connectivity index (χ4n) is 3.52. The molecule has 0 aliphatic carbocycles. The van der Waals surface area contributed by atoms with Gasteiger partial charge >= 0.3 is 0 Å². The van der Waals surface area contributed by atoms with Crippen molar-refractivity contribution in [1.29, 1.82) is 0 Å². The van der Waals surface area contributed by atoms with Gasteiger partial charge in [-0.1, -0.05) is 18.2 Å². The molecule has 0 bridgehead atoms. The third-order valence-corrected chi connectivity index (χ3v) is 5.49. The first-order valence-corrected chi connectivity index (χ1v) is 11.5. The second-order valence-electron chi connectivity index (χ2n) is 7.33. The van der Waals surface area contributed by atoms with Crippen molar-refractivity contribution >= 4 is 23.8 Å². The van der Waals surface area contributed by atoms with Gasteiger partial charge in [-0.05, 0) is 68.9 Å². The van der Waals surface area contributed by atoms with Gasteiger partial charge in [0.2, 0.25) is 5.91 Å². The standard InChI is InChI=1S/C24H31N5O2S/c1-3-28(20-9-6-5-7-10-20)17-8-16-25-22(30)15-18-29-23(26-27-24(29)32)19-11-13-21(14-12-19)31-4-2/h5-7,9-14H,3-4,8,15-18H2,1-2H3,(H,25,30)(H,27,32). The van der Waals surface area contributed by atoms with E-state index in [2.05, 4.69) is 39.5 Å². The smallest absolute Gasteiger partial charge is 0.221 e. The van der Waals surface area contributed by atoms with Crippen LogP contribution in [0.15, 0.2) is 54.6 Å². The van der Waals surface area contributed by atoms with Crippen molar-refractivity contribution in [3.8, 4) is 17.1 Å². The number of aromatic amines is 1. The molecule has 0 saturated heterocycles. The number of anilines is 1. The monoisotopic (exact) mass is 453 g/mol. The van der Waals surface area contributed by atoms with Crippen LogP contribution >= 0.6 is 12.2 Å². The number of nitrogens with one attached hydrogen (secondary N) is 2. The van der Waals surface area contributed by atoms with Crippen LogP contribution in [0.2, 0.25) is 0 Å². The molecule has 0 fully saturated rings. The second kappa shape index (κ2) is 12.0. The molecule has 3 aromatic rings. The summed E-state index contributed by atoms with van der Waals surface area (Å²) in [7, 11) is 0. The third kappa shape index (κ3) is 6.43. The van der Waals surface area contributed by atoms with Crippen LogP contribution in [0.3, 0.4) is 0 Å². The Morgan fingerprint density at radius 2 is 1.91 bits per heavy atom. The molecule has 7 nitrogen and oxygen atoms in total. The number of carbonyl (C=O) groups is 1. The number of para-hydroxylation sites is 1. The summed E-state index contributed by atoms with van der Waals surface area (Å²) in [5.74, 6) is 1.53. The van der Waals surface area contributed by atoms with Crippen LogP contribution in [-0.2, 0) is 11.3 Å². The molecular weight excluding hydrogens is 422 g/mol. The summed E-state index contributed by atoms with van der Waals surface area (Å²) in [5.41, 5.74) is 2.12. The van der Waals surface area contributed by atoms with E-state index in [4.69, 9.17) is 17.0 Å². The van der Waals surface area contributed by atoms with E-state index >= 15 is 0 Å². The zero-order valence-electron chi connectivity index (χ0n) is 18.7. The topological polar surface area (TPSA) is 75.2 Å². The van der Waals surface area contributed by atoms with Crippen molar-refractivity contribution < 1.29 is 9.53 Å². The summed E-state index contributed by atoms with van der Waals surface area (Å²) < 4.78 is 7.86. The van der Waals surface area contributed by atoms with Gasteiger partial charge in [0.05, 0.1) is 6.61 Å². The molecule has 1 aromatic heterocycles.